The number of carbonyl (C=O) groups is 2. The number of carboxylic acid groups (broad SMARTS) is 2. The van der Waals surface area contributed by atoms with Crippen LogP contribution < -0.4 is 0 Å². The SMILES string of the molecule is CCCCCCCCCCO.O=C(O)CCC(=O)O. The molecule has 0 radical (unpaired) electrons. The normalized spacial score (nSPS) is 9.58. The van der Waals surface area contributed by atoms with Crippen molar-refractivity contribution in [2.24, 2.45) is 0 Å². The Balaban J connectivity index is 0. The monoisotopic (exact) mass is 276 g/mol. The Morgan fingerprint density at radius 1 is 0.737 bits per heavy atom. The number of rotatable bonds is 11. The maximum atomic E-state index is 9.64. The molecule has 0 aliphatic carbocycles. The van der Waals surface area contributed by atoms with E-state index in [9.17, 15) is 9.59 Å². The van der Waals surface area contributed by atoms with Crippen molar-refractivity contribution in [3.8, 4) is 0 Å². The van der Waals surface area contributed by atoms with Crippen LogP contribution in [0.1, 0.15) is 71.1 Å². The number of hydrogen-bond donors (Lipinski definition) is 3. The summed E-state index contributed by atoms with van der Waals surface area (Å²) in [6.07, 6.45) is 9.79. The van der Waals surface area contributed by atoms with Gasteiger partial charge in [-0.2, -0.15) is 0 Å². The summed E-state index contributed by atoms with van der Waals surface area (Å²) >= 11 is 0. The van der Waals surface area contributed by atoms with Gasteiger partial charge in [-0.05, 0) is 6.42 Å². The highest BCUT2D eigenvalue weighted by Crippen LogP contribution is 2.07. The summed E-state index contributed by atoms with van der Waals surface area (Å²) < 4.78 is 0. The predicted octanol–water partition coefficient (Wildman–Crippen LogP) is 3.06. The Hall–Kier alpha value is -1.10. The summed E-state index contributed by atoms with van der Waals surface area (Å²) in [5, 5.41) is 24.3. The molecule has 0 fully saturated rings. The lowest BCUT2D eigenvalue weighted by Gasteiger charge is -1.98. The van der Waals surface area contributed by atoms with Crippen LogP contribution in [0.2, 0.25) is 0 Å². The lowest BCUT2D eigenvalue weighted by Crippen LogP contribution is -2.00. The zero-order chi connectivity index (χ0) is 14.9. The molecule has 0 amide bonds. The van der Waals surface area contributed by atoms with Gasteiger partial charge in [-0.3, -0.25) is 9.59 Å². The lowest BCUT2D eigenvalue weighted by molar-refractivity contribution is -0.143. The second kappa shape index (κ2) is 16.9. The van der Waals surface area contributed by atoms with E-state index in [1.807, 2.05) is 0 Å². The molecule has 0 aliphatic rings. The number of aliphatic hydroxyl groups is 1. The van der Waals surface area contributed by atoms with E-state index >= 15 is 0 Å². The fourth-order valence-corrected chi connectivity index (χ4v) is 1.46. The molecule has 0 bridgehead atoms. The molecule has 114 valence electrons. The maximum absolute atomic E-state index is 9.64. The molecule has 0 unspecified atom stereocenters. The van der Waals surface area contributed by atoms with Crippen LogP contribution in [0.25, 0.3) is 0 Å². The molecule has 5 heteroatoms. The summed E-state index contributed by atoms with van der Waals surface area (Å²) in [7, 11) is 0. The third-order valence-corrected chi connectivity index (χ3v) is 2.56. The minimum absolute atomic E-state index is 0.296. The van der Waals surface area contributed by atoms with Gasteiger partial charge < -0.3 is 15.3 Å². The molecule has 0 saturated heterocycles. The number of unbranched alkanes of at least 4 members (excludes halogenated alkanes) is 7. The maximum Gasteiger partial charge on any atom is 0.303 e. The Bertz CT molecular complexity index is 194. The number of aliphatic carboxylic acids is 2. The Kier molecular flexibility index (Phi) is 18.0. The van der Waals surface area contributed by atoms with E-state index in [1.54, 1.807) is 0 Å². The van der Waals surface area contributed by atoms with Gasteiger partial charge in [0, 0.05) is 6.61 Å². The molecule has 0 saturated carbocycles. The van der Waals surface area contributed by atoms with Crippen LogP contribution in [0.3, 0.4) is 0 Å². The number of carboxylic acids is 2. The predicted molar refractivity (Wildman–Crippen MR) is 74.2 cm³/mol. The summed E-state index contributed by atoms with van der Waals surface area (Å²) in [5.74, 6) is -2.15. The second-order valence-electron chi connectivity index (χ2n) is 4.49. The summed E-state index contributed by atoms with van der Waals surface area (Å²) in [4.78, 5) is 19.3. The lowest BCUT2D eigenvalue weighted by atomic mass is 10.1. The standard InChI is InChI=1S/C10H22O.C4H6O4/c1-2-3-4-5-6-7-8-9-10-11;5-3(6)1-2-4(7)8/h11H,2-10H2,1H3;1-2H2,(H,5,6)(H,7,8). The molecule has 0 rings (SSSR count). The zero-order valence-electron chi connectivity index (χ0n) is 11.9. The number of aliphatic hydroxyl groups excluding tert-OH is 1. The van der Waals surface area contributed by atoms with Crippen molar-refractivity contribution < 1.29 is 24.9 Å². The topological polar surface area (TPSA) is 94.8 Å². The van der Waals surface area contributed by atoms with Gasteiger partial charge >= 0.3 is 11.9 Å². The highest BCUT2D eigenvalue weighted by atomic mass is 16.4. The largest absolute Gasteiger partial charge is 0.481 e. The van der Waals surface area contributed by atoms with Gasteiger partial charge in [0.15, 0.2) is 0 Å². The first kappa shape index (κ1) is 20.2. The van der Waals surface area contributed by atoms with Crippen molar-refractivity contribution in [3.05, 3.63) is 0 Å². The minimum Gasteiger partial charge on any atom is -0.481 e. The number of hydrogen-bond acceptors (Lipinski definition) is 3. The van der Waals surface area contributed by atoms with Gasteiger partial charge in [0.1, 0.15) is 0 Å². The molecule has 0 aromatic heterocycles. The summed E-state index contributed by atoms with van der Waals surface area (Å²) in [5.41, 5.74) is 0. The van der Waals surface area contributed by atoms with Crippen molar-refractivity contribution in [2.45, 2.75) is 71.1 Å². The molecule has 0 heterocycles. The fourth-order valence-electron chi connectivity index (χ4n) is 1.46. The molecule has 0 atom stereocenters. The van der Waals surface area contributed by atoms with Gasteiger partial charge in [0.05, 0.1) is 12.8 Å². The molecule has 0 aromatic carbocycles. The molecule has 5 nitrogen and oxygen atoms in total. The van der Waals surface area contributed by atoms with Crippen LogP contribution in [0.15, 0.2) is 0 Å². The van der Waals surface area contributed by atoms with E-state index in [2.05, 4.69) is 6.92 Å². The van der Waals surface area contributed by atoms with E-state index in [-0.39, 0.29) is 12.8 Å². The van der Waals surface area contributed by atoms with Gasteiger partial charge in [0.2, 0.25) is 0 Å². The Labute approximate surface area is 115 Å². The van der Waals surface area contributed by atoms with Crippen LogP contribution in [-0.2, 0) is 9.59 Å². The van der Waals surface area contributed by atoms with E-state index < -0.39 is 11.9 Å². The van der Waals surface area contributed by atoms with Crippen molar-refractivity contribution in [2.75, 3.05) is 6.61 Å². The quantitative estimate of drug-likeness (QED) is 0.504. The molecule has 3 N–H and O–H groups in total. The second-order valence-corrected chi connectivity index (χ2v) is 4.49. The van der Waals surface area contributed by atoms with E-state index in [1.165, 1.54) is 44.9 Å². The first-order valence-electron chi connectivity index (χ1n) is 7.09. The molecule has 0 spiro atoms. The van der Waals surface area contributed by atoms with Crippen molar-refractivity contribution in [1.82, 2.24) is 0 Å². The van der Waals surface area contributed by atoms with E-state index in [0.29, 0.717) is 6.61 Å². The first-order chi connectivity index (χ1) is 9.04. The molecule has 0 aromatic rings. The van der Waals surface area contributed by atoms with Gasteiger partial charge in [0.25, 0.3) is 0 Å². The Morgan fingerprint density at radius 2 is 1.11 bits per heavy atom. The third-order valence-electron chi connectivity index (χ3n) is 2.56. The van der Waals surface area contributed by atoms with Gasteiger partial charge in [-0.15, -0.1) is 0 Å². The molecule has 19 heavy (non-hydrogen) atoms. The third kappa shape index (κ3) is 26.5. The molecular weight excluding hydrogens is 248 g/mol. The fraction of sp³-hybridized carbons (Fsp3) is 0.857. The van der Waals surface area contributed by atoms with Crippen LogP contribution in [0.4, 0.5) is 0 Å². The van der Waals surface area contributed by atoms with Crippen molar-refractivity contribution in [3.63, 3.8) is 0 Å². The van der Waals surface area contributed by atoms with Gasteiger partial charge in [-0.1, -0.05) is 51.9 Å². The Morgan fingerprint density at radius 3 is 1.42 bits per heavy atom. The van der Waals surface area contributed by atoms with Crippen LogP contribution in [0, 0.1) is 0 Å². The molecular formula is C14H28O5. The van der Waals surface area contributed by atoms with E-state index in [0.717, 1.165) is 6.42 Å². The highest BCUT2D eigenvalue weighted by Gasteiger charge is 2.00. The van der Waals surface area contributed by atoms with Crippen molar-refractivity contribution >= 4 is 11.9 Å². The van der Waals surface area contributed by atoms with Crippen LogP contribution in [-0.4, -0.2) is 33.9 Å². The minimum atomic E-state index is -1.08. The first-order valence-corrected chi connectivity index (χ1v) is 7.09. The average Bonchev–Trinajstić information content (AvgIpc) is 2.36. The summed E-state index contributed by atoms with van der Waals surface area (Å²) in [6.45, 7) is 2.61. The molecule has 0 aliphatic heterocycles. The smallest absolute Gasteiger partial charge is 0.303 e. The van der Waals surface area contributed by atoms with Crippen molar-refractivity contribution in [1.29, 1.82) is 0 Å². The van der Waals surface area contributed by atoms with Gasteiger partial charge in [-0.25, -0.2) is 0 Å². The van der Waals surface area contributed by atoms with Crippen LogP contribution in [0.5, 0.6) is 0 Å². The zero-order valence-corrected chi connectivity index (χ0v) is 11.9. The van der Waals surface area contributed by atoms with Crippen LogP contribution >= 0.6 is 0 Å². The highest BCUT2D eigenvalue weighted by molar-refractivity contribution is 5.75. The summed E-state index contributed by atoms with van der Waals surface area (Å²) in [6, 6.07) is 0. The van der Waals surface area contributed by atoms with E-state index in [4.69, 9.17) is 15.3 Å². The average molecular weight is 276 g/mol.